The van der Waals surface area contributed by atoms with Crippen LogP contribution in [-0.4, -0.2) is 29.1 Å². The van der Waals surface area contributed by atoms with E-state index in [1.54, 1.807) is 18.2 Å². The lowest BCUT2D eigenvalue weighted by Crippen LogP contribution is -2.32. The van der Waals surface area contributed by atoms with Crippen molar-refractivity contribution in [1.29, 1.82) is 0 Å². The van der Waals surface area contributed by atoms with Gasteiger partial charge in [-0.1, -0.05) is 11.6 Å². The second kappa shape index (κ2) is 8.46. The average Bonchev–Trinajstić information content (AvgIpc) is 2.59. The van der Waals surface area contributed by atoms with Crippen molar-refractivity contribution in [2.24, 2.45) is 0 Å². The van der Waals surface area contributed by atoms with Crippen molar-refractivity contribution in [2.45, 2.75) is 13.0 Å². The Hall–Kier alpha value is -2.64. The standard InChI is InChI=1S/C17H17ClN2O5/c1-11-8-13(18)4-7-16(11)25-10-17(22)19-9-15(21)12-2-5-14(6-3-12)20(23)24/h2-8,15,21H,9-10H2,1H3,(H,19,22)/t15-/m1/s1. The molecule has 1 atom stereocenters. The summed E-state index contributed by atoms with van der Waals surface area (Å²) in [4.78, 5) is 21.9. The topological polar surface area (TPSA) is 102 Å². The van der Waals surface area contributed by atoms with E-state index in [0.717, 1.165) is 5.56 Å². The van der Waals surface area contributed by atoms with Crippen molar-refractivity contribution in [1.82, 2.24) is 5.32 Å². The van der Waals surface area contributed by atoms with Gasteiger partial charge in [0.05, 0.1) is 11.0 Å². The average molecular weight is 365 g/mol. The number of ether oxygens (including phenoxy) is 1. The summed E-state index contributed by atoms with van der Waals surface area (Å²) in [5.41, 5.74) is 1.22. The van der Waals surface area contributed by atoms with Gasteiger partial charge in [-0.2, -0.15) is 0 Å². The van der Waals surface area contributed by atoms with E-state index in [4.69, 9.17) is 16.3 Å². The summed E-state index contributed by atoms with van der Waals surface area (Å²) in [5.74, 6) is 0.158. The molecular weight excluding hydrogens is 348 g/mol. The molecule has 0 unspecified atom stereocenters. The Morgan fingerprint density at radius 1 is 1.32 bits per heavy atom. The Balaban J connectivity index is 1.81. The molecule has 0 saturated carbocycles. The van der Waals surface area contributed by atoms with Crippen LogP contribution in [0.3, 0.4) is 0 Å². The van der Waals surface area contributed by atoms with Gasteiger partial charge in [0.15, 0.2) is 6.61 Å². The number of non-ortho nitro benzene ring substituents is 1. The molecule has 25 heavy (non-hydrogen) atoms. The molecule has 0 bridgehead atoms. The highest BCUT2D eigenvalue weighted by Gasteiger charge is 2.12. The lowest BCUT2D eigenvalue weighted by molar-refractivity contribution is -0.384. The van der Waals surface area contributed by atoms with E-state index in [0.29, 0.717) is 16.3 Å². The summed E-state index contributed by atoms with van der Waals surface area (Å²) in [6.07, 6.45) is -0.970. The monoisotopic (exact) mass is 364 g/mol. The molecule has 0 spiro atoms. The van der Waals surface area contributed by atoms with E-state index in [-0.39, 0.29) is 18.8 Å². The minimum Gasteiger partial charge on any atom is -0.484 e. The largest absolute Gasteiger partial charge is 0.484 e. The Kier molecular flexibility index (Phi) is 6.32. The van der Waals surface area contributed by atoms with E-state index in [2.05, 4.69) is 5.32 Å². The van der Waals surface area contributed by atoms with Crippen LogP contribution in [0.5, 0.6) is 5.75 Å². The highest BCUT2D eigenvalue weighted by molar-refractivity contribution is 6.30. The van der Waals surface area contributed by atoms with Gasteiger partial charge in [-0.3, -0.25) is 14.9 Å². The Morgan fingerprint density at radius 2 is 2.00 bits per heavy atom. The van der Waals surface area contributed by atoms with Crippen molar-refractivity contribution in [3.63, 3.8) is 0 Å². The number of nitro groups is 1. The first-order valence-electron chi connectivity index (χ1n) is 7.45. The lowest BCUT2D eigenvalue weighted by atomic mass is 10.1. The number of rotatable bonds is 7. The molecule has 2 N–H and O–H groups in total. The van der Waals surface area contributed by atoms with E-state index < -0.39 is 16.9 Å². The number of aryl methyl sites for hydroxylation is 1. The number of carbonyl (C=O) groups is 1. The zero-order valence-corrected chi connectivity index (χ0v) is 14.2. The van der Waals surface area contributed by atoms with Crippen molar-refractivity contribution in [3.8, 4) is 5.75 Å². The van der Waals surface area contributed by atoms with Crippen LogP contribution in [0.1, 0.15) is 17.2 Å². The highest BCUT2D eigenvalue weighted by Crippen LogP contribution is 2.21. The molecule has 2 rings (SSSR count). The number of benzene rings is 2. The van der Waals surface area contributed by atoms with E-state index in [1.165, 1.54) is 24.3 Å². The van der Waals surface area contributed by atoms with Gasteiger partial charge in [-0.05, 0) is 48.4 Å². The minimum absolute atomic E-state index is 0.0282. The van der Waals surface area contributed by atoms with E-state index >= 15 is 0 Å². The number of nitrogens with one attached hydrogen (secondary N) is 1. The number of aliphatic hydroxyl groups excluding tert-OH is 1. The molecule has 2 aromatic rings. The van der Waals surface area contributed by atoms with Crippen LogP contribution in [0.2, 0.25) is 5.02 Å². The van der Waals surface area contributed by atoms with Crippen LogP contribution >= 0.6 is 11.6 Å². The maximum atomic E-state index is 11.8. The minimum atomic E-state index is -0.970. The second-order valence-corrected chi connectivity index (χ2v) is 5.80. The van der Waals surface area contributed by atoms with Crippen LogP contribution in [0, 0.1) is 17.0 Å². The fourth-order valence-corrected chi connectivity index (χ4v) is 2.34. The van der Waals surface area contributed by atoms with Crippen LogP contribution < -0.4 is 10.1 Å². The number of nitro benzene ring substituents is 1. The summed E-state index contributed by atoms with van der Waals surface area (Å²) in [6.45, 7) is 1.59. The molecule has 1 amide bonds. The van der Waals surface area contributed by atoms with Gasteiger partial charge in [0.25, 0.3) is 11.6 Å². The fourth-order valence-electron chi connectivity index (χ4n) is 2.12. The number of hydrogen-bond donors (Lipinski definition) is 2. The number of carbonyl (C=O) groups excluding carboxylic acids is 1. The Labute approximate surface area is 149 Å². The van der Waals surface area contributed by atoms with Crippen molar-refractivity contribution >= 4 is 23.2 Å². The first-order chi connectivity index (χ1) is 11.9. The number of aliphatic hydroxyl groups is 1. The fraction of sp³-hybridized carbons (Fsp3) is 0.235. The SMILES string of the molecule is Cc1cc(Cl)ccc1OCC(=O)NC[C@@H](O)c1ccc([N+](=O)[O-])cc1. The molecule has 0 heterocycles. The Morgan fingerprint density at radius 3 is 2.60 bits per heavy atom. The highest BCUT2D eigenvalue weighted by atomic mass is 35.5. The molecule has 8 heteroatoms. The Bertz CT molecular complexity index is 764. The first kappa shape index (κ1) is 18.7. The first-order valence-corrected chi connectivity index (χ1v) is 7.82. The van der Waals surface area contributed by atoms with Gasteiger partial charge in [0, 0.05) is 23.7 Å². The molecular formula is C17H17ClN2O5. The normalized spacial score (nSPS) is 11.6. The maximum Gasteiger partial charge on any atom is 0.269 e. The molecule has 7 nitrogen and oxygen atoms in total. The molecule has 0 radical (unpaired) electrons. The number of hydrogen-bond acceptors (Lipinski definition) is 5. The molecule has 0 aromatic heterocycles. The molecule has 0 saturated heterocycles. The van der Waals surface area contributed by atoms with E-state index in [1.807, 2.05) is 6.92 Å². The third-order valence-electron chi connectivity index (χ3n) is 3.48. The summed E-state index contributed by atoms with van der Waals surface area (Å²) >= 11 is 5.85. The van der Waals surface area contributed by atoms with Crippen LogP contribution in [0.4, 0.5) is 5.69 Å². The predicted molar refractivity (Wildman–Crippen MR) is 92.7 cm³/mol. The van der Waals surface area contributed by atoms with Gasteiger partial charge < -0.3 is 15.2 Å². The lowest BCUT2D eigenvalue weighted by Gasteiger charge is -2.13. The summed E-state index contributed by atoms with van der Waals surface area (Å²) < 4.78 is 5.41. The van der Waals surface area contributed by atoms with Crippen molar-refractivity contribution < 1.29 is 19.6 Å². The number of halogens is 1. The second-order valence-electron chi connectivity index (χ2n) is 5.37. The molecule has 2 aromatic carbocycles. The molecule has 0 aliphatic rings. The van der Waals surface area contributed by atoms with Gasteiger partial charge in [0.2, 0.25) is 0 Å². The van der Waals surface area contributed by atoms with Gasteiger partial charge >= 0.3 is 0 Å². The summed E-state index contributed by atoms with van der Waals surface area (Å²) in [6, 6.07) is 10.6. The molecule has 0 fully saturated rings. The van der Waals surface area contributed by atoms with Crippen LogP contribution in [-0.2, 0) is 4.79 Å². The van der Waals surface area contributed by atoms with Crippen molar-refractivity contribution in [3.05, 3.63) is 68.7 Å². The predicted octanol–water partition coefficient (Wildman–Crippen LogP) is 2.79. The quantitative estimate of drug-likeness (QED) is 0.581. The van der Waals surface area contributed by atoms with Gasteiger partial charge in [0.1, 0.15) is 5.75 Å². The van der Waals surface area contributed by atoms with Gasteiger partial charge in [-0.15, -0.1) is 0 Å². The molecule has 0 aliphatic carbocycles. The molecule has 132 valence electrons. The third-order valence-corrected chi connectivity index (χ3v) is 3.71. The van der Waals surface area contributed by atoms with Crippen LogP contribution in [0.25, 0.3) is 0 Å². The number of amides is 1. The van der Waals surface area contributed by atoms with Gasteiger partial charge in [-0.25, -0.2) is 0 Å². The third kappa shape index (κ3) is 5.44. The number of nitrogens with zero attached hydrogens (tertiary/aromatic N) is 1. The zero-order chi connectivity index (χ0) is 18.4. The zero-order valence-electron chi connectivity index (χ0n) is 13.4. The maximum absolute atomic E-state index is 11.8. The molecule has 0 aliphatic heterocycles. The summed E-state index contributed by atoms with van der Waals surface area (Å²) in [5, 5.41) is 23.7. The van der Waals surface area contributed by atoms with Crippen LogP contribution in [0.15, 0.2) is 42.5 Å². The summed E-state index contributed by atoms with van der Waals surface area (Å²) in [7, 11) is 0. The van der Waals surface area contributed by atoms with E-state index in [9.17, 15) is 20.0 Å². The van der Waals surface area contributed by atoms with Crippen molar-refractivity contribution in [2.75, 3.05) is 13.2 Å². The smallest absolute Gasteiger partial charge is 0.269 e.